The molecule has 1 saturated heterocycles. The van der Waals surface area contributed by atoms with E-state index in [9.17, 15) is 29.3 Å². The molecular formula is C20H21N3O7. The van der Waals surface area contributed by atoms with Gasteiger partial charge in [-0.05, 0) is 25.3 Å². The Labute approximate surface area is 172 Å². The minimum absolute atomic E-state index is 0.0882. The number of nitrogens with one attached hydrogen (secondary N) is 1. The molecule has 2 atom stereocenters. The summed E-state index contributed by atoms with van der Waals surface area (Å²) < 4.78 is 4.90. The molecule has 158 valence electrons. The van der Waals surface area contributed by atoms with E-state index in [1.165, 1.54) is 18.2 Å². The maximum atomic E-state index is 12.3. The number of ether oxygens (including phenoxy) is 1. The number of nitro groups is 1. The summed E-state index contributed by atoms with van der Waals surface area (Å²) in [6.45, 7) is 0.996. The van der Waals surface area contributed by atoms with Gasteiger partial charge in [-0.15, -0.1) is 0 Å². The van der Waals surface area contributed by atoms with Crippen LogP contribution in [0, 0.1) is 28.9 Å². The molecule has 3 amide bonds. The maximum absolute atomic E-state index is 12.3. The number of benzene rings is 1. The molecule has 0 radical (unpaired) electrons. The summed E-state index contributed by atoms with van der Waals surface area (Å²) in [4.78, 5) is 60.0. The van der Waals surface area contributed by atoms with E-state index in [2.05, 4.69) is 5.32 Å². The number of imide groups is 1. The lowest BCUT2D eigenvalue weighted by Gasteiger charge is -2.14. The quantitative estimate of drug-likeness (QED) is 0.235. The fourth-order valence-corrected chi connectivity index (χ4v) is 3.56. The predicted molar refractivity (Wildman–Crippen MR) is 104 cm³/mol. The third kappa shape index (κ3) is 4.53. The second-order valence-electron chi connectivity index (χ2n) is 7.20. The number of fused-ring (bicyclic) bond motifs is 1. The molecule has 0 aromatic heterocycles. The van der Waals surface area contributed by atoms with Crippen LogP contribution >= 0.6 is 0 Å². The molecule has 1 fully saturated rings. The van der Waals surface area contributed by atoms with Crippen LogP contribution in [0.5, 0.6) is 0 Å². The first kappa shape index (κ1) is 21.2. The number of carbonyl (C=O) groups excluding carboxylic acids is 4. The molecule has 30 heavy (non-hydrogen) atoms. The molecule has 2 aliphatic rings. The summed E-state index contributed by atoms with van der Waals surface area (Å²) in [5, 5.41) is 13.3. The van der Waals surface area contributed by atoms with Crippen molar-refractivity contribution in [3.05, 3.63) is 46.0 Å². The van der Waals surface area contributed by atoms with E-state index >= 15 is 0 Å². The van der Waals surface area contributed by atoms with Crippen LogP contribution in [-0.2, 0) is 23.9 Å². The summed E-state index contributed by atoms with van der Waals surface area (Å²) in [6.07, 6.45) is 4.59. The van der Waals surface area contributed by atoms with Crippen molar-refractivity contribution in [2.24, 2.45) is 11.8 Å². The summed E-state index contributed by atoms with van der Waals surface area (Å²) in [7, 11) is 0. The summed E-state index contributed by atoms with van der Waals surface area (Å²) in [6, 6.07) is 4.03. The largest absolute Gasteiger partial charge is 0.456 e. The van der Waals surface area contributed by atoms with Gasteiger partial charge >= 0.3 is 5.97 Å². The highest BCUT2D eigenvalue weighted by Gasteiger charge is 2.46. The zero-order valence-corrected chi connectivity index (χ0v) is 16.3. The van der Waals surface area contributed by atoms with E-state index in [1.54, 1.807) is 6.92 Å². The zero-order valence-electron chi connectivity index (χ0n) is 16.3. The Kier molecular flexibility index (Phi) is 6.24. The standard InChI is InChI=1S/C20H21N3O7/c1-12-6-7-13(23(28)29)10-16(12)21-17(24)11-30-18(25)8-9-22-19(26)14-4-2-3-5-15(14)20(22)27/h2-3,6-7,10,14-15H,4-5,8-9,11H2,1H3,(H,21,24)/t14-,15-/m0/s1. The number of likely N-dealkylation sites (tertiary alicyclic amines) is 1. The van der Waals surface area contributed by atoms with Crippen molar-refractivity contribution < 1.29 is 28.8 Å². The van der Waals surface area contributed by atoms with E-state index in [1.807, 2.05) is 12.2 Å². The van der Waals surface area contributed by atoms with Gasteiger partial charge in [0, 0.05) is 18.7 Å². The number of esters is 1. The molecule has 0 spiro atoms. The summed E-state index contributed by atoms with van der Waals surface area (Å²) in [5.41, 5.74) is 0.681. The van der Waals surface area contributed by atoms with E-state index in [0.717, 1.165) is 4.90 Å². The average Bonchev–Trinajstić information content (AvgIpc) is 2.96. The Hall–Kier alpha value is -3.56. The molecule has 10 heteroatoms. The molecular weight excluding hydrogens is 394 g/mol. The van der Waals surface area contributed by atoms with Crippen LogP contribution in [0.25, 0.3) is 0 Å². The van der Waals surface area contributed by atoms with Crippen LogP contribution in [0.3, 0.4) is 0 Å². The average molecular weight is 415 g/mol. The fourth-order valence-electron chi connectivity index (χ4n) is 3.56. The van der Waals surface area contributed by atoms with Gasteiger partial charge < -0.3 is 10.1 Å². The molecule has 1 N–H and O–H groups in total. The number of aryl methyl sites for hydroxylation is 1. The molecule has 10 nitrogen and oxygen atoms in total. The Balaban J connectivity index is 1.46. The number of carbonyl (C=O) groups is 4. The second kappa shape index (κ2) is 8.85. The van der Waals surface area contributed by atoms with Gasteiger partial charge in [0.1, 0.15) is 0 Å². The van der Waals surface area contributed by atoms with Gasteiger partial charge in [0.05, 0.1) is 28.9 Å². The number of hydrogen-bond acceptors (Lipinski definition) is 7. The number of non-ortho nitro benzene ring substituents is 1. The van der Waals surface area contributed by atoms with Gasteiger partial charge in [-0.25, -0.2) is 0 Å². The zero-order chi connectivity index (χ0) is 21.8. The number of amides is 3. The topological polar surface area (TPSA) is 136 Å². The molecule has 0 bridgehead atoms. The highest BCUT2D eigenvalue weighted by atomic mass is 16.6. The van der Waals surface area contributed by atoms with Crippen molar-refractivity contribution in [1.82, 2.24) is 4.90 Å². The second-order valence-corrected chi connectivity index (χ2v) is 7.20. The van der Waals surface area contributed by atoms with Crippen LogP contribution in [0.15, 0.2) is 30.4 Å². The minimum atomic E-state index is -0.727. The number of hydrogen-bond donors (Lipinski definition) is 1. The lowest BCUT2D eigenvalue weighted by molar-refractivity contribution is -0.384. The first-order valence-corrected chi connectivity index (χ1v) is 9.48. The van der Waals surface area contributed by atoms with Gasteiger partial charge in [-0.2, -0.15) is 0 Å². The molecule has 1 heterocycles. The highest BCUT2D eigenvalue weighted by Crippen LogP contribution is 2.35. The first-order valence-electron chi connectivity index (χ1n) is 9.48. The van der Waals surface area contributed by atoms with Crippen LogP contribution in [-0.4, -0.2) is 46.7 Å². The minimum Gasteiger partial charge on any atom is -0.456 e. The summed E-state index contributed by atoms with van der Waals surface area (Å²) in [5.74, 6) is -2.65. The SMILES string of the molecule is Cc1ccc([N+](=O)[O-])cc1NC(=O)COC(=O)CCN1C(=O)[C@H]2CC=CC[C@@H]2C1=O. The lowest BCUT2D eigenvalue weighted by atomic mass is 9.85. The number of nitrogens with zero attached hydrogens (tertiary/aromatic N) is 2. The first-order chi connectivity index (χ1) is 14.3. The van der Waals surface area contributed by atoms with Crippen molar-refractivity contribution in [2.75, 3.05) is 18.5 Å². The van der Waals surface area contributed by atoms with E-state index < -0.39 is 23.4 Å². The Bertz CT molecular complexity index is 914. The van der Waals surface area contributed by atoms with Gasteiger partial charge in [-0.1, -0.05) is 18.2 Å². The van der Waals surface area contributed by atoms with Crippen LogP contribution in [0.1, 0.15) is 24.8 Å². The van der Waals surface area contributed by atoms with Crippen LogP contribution < -0.4 is 5.32 Å². The number of allylic oxidation sites excluding steroid dienone is 2. The van der Waals surface area contributed by atoms with Crippen LogP contribution in [0.4, 0.5) is 11.4 Å². The molecule has 1 aliphatic carbocycles. The highest BCUT2D eigenvalue weighted by molar-refractivity contribution is 6.05. The van der Waals surface area contributed by atoms with E-state index in [0.29, 0.717) is 18.4 Å². The Morgan fingerprint density at radius 3 is 2.43 bits per heavy atom. The van der Waals surface area contributed by atoms with E-state index in [-0.39, 0.29) is 48.0 Å². The monoisotopic (exact) mass is 415 g/mol. The maximum Gasteiger partial charge on any atom is 0.308 e. The molecule has 1 aromatic carbocycles. The van der Waals surface area contributed by atoms with Gasteiger partial charge in [0.2, 0.25) is 11.8 Å². The van der Waals surface area contributed by atoms with Crippen molar-refractivity contribution in [2.45, 2.75) is 26.2 Å². The lowest BCUT2D eigenvalue weighted by Crippen LogP contribution is -2.33. The third-order valence-corrected chi connectivity index (χ3v) is 5.21. The predicted octanol–water partition coefficient (Wildman–Crippen LogP) is 1.73. The van der Waals surface area contributed by atoms with Crippen molar-refractivity contribution in [3.8, 4) is 0 Å². The molecule has 1 aliphatic heterocycles. The van der Waals surface area contributed by atoms with Crippen LogP contribution in [0.2, 0.25) is 0 Å². The molecule has 1 aromatic rings. The Morgan fingerprint density at radius 2 is 1.83 bits per heavy atom. The molecule has 0 saturated carbocycles. The number of rotatable bonds is 7. The van der Waals surface area contributed by atoms with E-state index in [4.69, 9.17) is 4.74 Å². The third-order valence-electron chi connectivity index (χ3n) is 5.21. The number of anilines is 1. The molecule has 3 rings (SSSR count). The molecule has 0 unspecified atom stereocenters. The van der Waals surface area contributed by atoms with Crippen molar-refractivity contribution >= 4 is 35.1 Å². The van der Waals surface area contributed by atoms with Gasteiger partial charge in [0.15, 0.2) is 6.61 Å². The number of nitro benzene ring substituents is 1. The van der Waals surface area contributed by atoms with Gasteiger partial charge in [-0.3, -0.25) is 34.2 Å². The normalized spacial score (nSPS) is 20.1. The van der Waals surface area contributed by atoms with Crippen molar-refractivity contribution in [3.63, 3.8) is 0 Å². The van der Waals surface area contributed by atoms with Crippen molar-refractivity contribution in [1.29, 1.82) is 0 Å². The fraction of sp³-hybridized carbons (Fsp3) is 0.400. The smallest absolute Gasteiger partial charge is 0.308 e. The van der Waals surface area contributed by atoms with Gasteiger partial charge in [0.25, 0.3) is 11.6 Å². The summed E-state index contributed by atoms with van der Waals surface area (Å²) >= 11 is 0. The Morgan fingerprint density at radius 1 is 1.20 bits per heavy atom.